The van der Waals surface area contributed by atoms with Gasteiger partial charge in [-0.1, -0.05) is 37.5 Å². The van der Waals surface area contributed by atoms with Gasteiger partial charge < -0.3 is 20.1 Å². The SMILES string of the molecule is O=C(NC1CCCCC1)C(Nc1ccc2c(c1)OCO2)c1ccccc1F. The van der Waals surface area contributed by atoms with Crippen molar-refractivity contribution in [2.45, 2.75) is 44.2 Å². The summed E-state index contributed by atoms with van der Waals surface area (Å²) in [7, 11) is 0. The number of carbonyl (C=O) groups excluding carboxylic acids is 1. The molecule has 1 heterocycles. The molecule has 1 saturated carbocycles. The van der Waals surface area contributed by atoms with Crippen molar-refractivity contribution in [3.8, 4) is 11.5 Å². The molecule has 0 spiro atoms. The van der Waals surface area contributed by atoms with E-state index in [-0.39, 0.29) is 18.7 Å². The van der Waals surface area contributed by atoms with Crippen LogP contribution in [0.3, 0.4) is 0 Å². The third kappa shape index (κ3) is 3.99. The van der Waals surface area contributed by atoms with Crippen molar-refractivity contribution in [2.24, 2.45) is 0 Å². The highest BCUT2D eigenvalue weighted by Gasteiger charge is 2.27. The highest BCUT2D eigenvalue weighted by molar-refractivity contribution is 5.86. The minimum absolute atomic E-state index is 0.152. The fourth-order valence-corrected chi connectivity index (χ4v) is 3.68. The number of ether oxygens (including phenoxy) is 2. The lowest BCUT2D eigenvalue weighted by Gasteiger charge is -2.27. The number of fused-ring (bicyclic) bond motifs is 1. The van der Waals surface area contributed by atoms with Gasteiger partial charge >= 0.3 is 0 Å². The summed E-state index contributed by atoms with van der Waals surface area (Å²) in [5, 5.41) is 6.26. The van der Waals surface area contributed by atoms with Gasteiger partial charge in [-0.05, 0) is 31.0 Å². The van der Waals surface area contributed by atoms with Gasteiger partial charge in [0.2, 0.25) is 12.7 Å². The molecule has 1 aliphatic carbocycles. The lowest BCUT2D eigenvalue weighted by Crippen LogP contribution is -2.41. The predicted octanol–water partition coefficient (Wildman–Crippen LogP) is 4.16. The van der Waals surface area contributed by atoms with Crippen LogP contribution in [0.1, 0.15) is 43.7 Å². The summed E-state index contributed by atoms with van der Waals surface area (Å²) in [4.78, 5) is 13.0. The van der Waals surface area contributed by atoms with Gasteiger partial charge in [-0.2, -0.15) is 0 Å². The molecule has 1 fully saturated rings. The topological polar surface area (TPSA) is 59.6 Å². The van der Waals surface area contributed by atoms with E-state index in [1.807, 2.05) is 0 Å². The quantitative estimate of drug-likeness (QED) is 0.830. The average molecular weight is 370 g/mol. The first kappa shape index (κ1) is 17.6. The molecule has 0 radical (unpaired) electrons. The summed E-state index contributed by atoms with van der Waals surface area (Å²) in [5.74, 6) is 0.647. The summed E-state index contributed by atoms with van der Waals surface area (Å²) in [6.07, 6.45) is 5.38. The van der Waals surface area contributed by atoms with E-state index >= 15 is 0 Å². The second-order valence-electron chi connectivity index (χ2n) is 7.01. The number of hydrogen-bond donors (Lipinski definition) is 2. The Balaban J connectivity index is 1.57. The monoisotopic (exact) mass is 370 g/mol. The maximum absolute atomic E-state index is 14.4. The van der Waals surface area contributed by atoms with Crippen LogP contribution >= 0.6 is 0 Å². The van der Waals surface area contributed by atoms with E-state index in [2.05, 4.69) is 10.6 Å². The number of hydrogen-bond acceptors (Lipinski definition) is 4. The Morgan fingerprint density at radius 2 is 1.81 bits per heavy atom. The van der Waals surface area contributed by atoms with E-state index < -0.39 is 11.9 Å². The number of benzene rings is 2. The molecule has 0 saturated heterocycles. The molecular weight excluding hydrogens is 347 g/mol. The molecule has 1 aliphatic heterocycles. The van der Waals surface area contributed by atoms with Gasteiger partial charge in [-0.3, -0.25) is 4.79 Å². The molecule has 0 aromatic heterocycles. The van der Waals surface area contributed by atoms with Crippen molar-refractivity contribution in [2.75, 3.05) is 12.1 Å². The first-order valence-electron chi connectivity index (χ1n) is 9.42. The maximum Gasteiger partial charge on any atom is 0.247 e. The van der Waals surface area contributed by atoms with E-state index in [1.165, 1.54) is 12.5 Å². The lowest BCUT2D eigenvalue weighted by atomic mass is 9.95. The third-order valence-corrected chi connectivity index (χ3v) is 5.11. The Bertz CT molecular complexity index is 821. The largest absolute Gasteiger partial charge is 0.454 e. The van der Waals surface area contributed by atoms with Crippen molar-refractivity contribution < 1.29 is 18.7 Å². The van der Waals surface area contributed by atoms with Gasteiger partial charge in [0.1, 0.15) is 11.9 Å². The van der Waals surface area contributed by atoms with Crippen LogP contribution in [0.25, 0.3) is 0 Å². The molecule has 2 N–H and O–H groups in total. The van der Waals surface area contributed by atoms with Crippen molar-refractivity contribution in [1.82, 2.24) is 5.32 Å². The van der Waals surface area contributed by atoms with Crippen LogP contribution in [0.5, 0.6) is 11.5 Å². The molecule has 142 valence electrons. The molecule has 2 aromatic rings. The number of anilines is 1. The molecule has 0 bridgehead atoms. The zero-order valence-electron chi connectivity index (χ0n) is 15.0. The van der Waals surface area contributed by atoms with E-state index in [0.717, 1.165) is 25.7 Å². The van der Waals surface area contributed by atoms with Crippen LogP contribution in [0.4, 0.5) is 10.1 Å². The van der Waals surface area contributed by atoms with Crippen molar-refractivity contribution in [1.29, 1.82) is 0 Å². The van der Waals surface area contributed by atoms with Gasteiger partial charge in [-0.25, -0.2) is 4.39 Å². The Morgan fingerprint density at radius 3 is 2.63 bits per heavy atom. The van der Waals surface area contributed by atoms with E-state index in [4.69, 9.17) is 9.47 Å². The Hall–Kier alpha value is -2.76. The van der Waals surface area contributed by atoms with E-state index in [1.54, 1.807) is 36.4 Å². The predicted molar refractivity (Wildman–Crippen MR) is 100 cm³/mol. The van der Waals surface area contributed by atoms with Crippen LogP contribution in [0.2, 0.25) is 0 Å². The number of nitrogens with one attached hydrogen (secondary N) is 2. The van der Waals surface area contributed by atoms with Gasteiger partial charge in [-0.15, -0.1) is 0 Å². The molecule has 6 heteroatoms. The second-order valence-corrected chi connectivity index (χ2v) is 7.01. The Labute approximate surface area is 157 Å². The normalized spacial score (nSPS) is 17.4. The number of amides is 1. The van der Waals surface area contributed by atoms with E-state index in [9.17, 15) is 9.18 Å². The minimum Gasteiger partial charge on any atom is -0.454 e. The summed E-state index contributed by atoms with van der Waals surface area (Å²) in [6, 6.07) is 11.0. The summed E-state index contributed by atoms with van der Waals surface area (Å²) < 4.78 is 25.2. The Morgan fingerprint density at radius 1 is 1.04 bits per heavy atom. The maximum atomic E-state index is 14.4. The van der Waals surface area contributed by atoms with Crippen molar-refractivity contribution >= 4 is 11.6 Å². The molecule has 2 aromatic carbocycles. The first-order chi connectivity index (χ1) is 13.2. The molecule has 1 atom stereocenters. The highest BCUT2D eigenvalue weighted by Crippen LogP contribution is 2.35. The number of carbonyl (C=O) groups is 1. The zero-order chi connectivity index (χ0) is 18.6. The highest BCUT2D eigenvalue weighted by atomic mass is 19.1. The Kier molecular flexibility index (Phi) is 5.14. The standard InChI is InChI=1S/C21H23FN2O3/c22-17-9-5-4-8-16(17)20(21(25)24-14-6-2-1-3-7-14)23-15-10-11-18-19(12-15)27-13-26-18/h4-5,8-12,14,20,23H,1-3,6-7,13H2,(H,24,25). The molecular formula is C21H23FN2O3. The van der Waals surface area contributed by atoms with Gasteiger partial charge in [0.15, 0.2) is 11.5 Å². The van der Waals surface area contributed by atoms with Crippen LogP contribution in [0, 0.1) is 5.82 Å². The molecule has 5 nitrogen and oxygen atoms in total. The summed E-state index contributed by atoms with van der Waals surface area (Å²) in [5.41, 5.74) is 0.995. The van der Waals surface area contributed by atoms with Crippen LogP contribution in [-0.2, 0) is 4.79 Å². The average Bonchev–Trinajstić information content (AvgIpc) is 3.15. The minimum atomic E-state index is -0.825. The molecule has 1 unspecified atom stereocenters. The van der Waals surface area contributed by atoms with E-state index in [0.29, 0.717) is 22.7 Å². The molecule has 1 amide bonds. The van der Waals surface area contributed by atoms with Crippen LogP contribution in [-0.4, -0.2) is 18.7 Å². The van der Waals surface area contributed by atoms with Gasteiger partial charge in [0.25, 0.3) is 0 Å². The molecule has 27 heavy (non-hydrogen) atoms. The van der Waals surface area contributed by atoms with Crippen molar-refractivity contribution in [3.63, 3.8) is 0 Å². The number of halogens is 1. The third-order valence-electron chi connectivity index (χ3n) is 5.11. The lowest BCUT2D eigenvalue weighted by molar-refractivity contribution is -0.122. The molecule has 4 rings (SSSR count). The summed E-state index contributed by atoms with van der Waals surface area (Å²) in [6.45, 7) is 0.178. The zero-order valence-corrected chi connectivity index (χ0v) is 15.0. The summed E-state index contributed by atoms with van der Waals surface area (Å²) >= 11 is 0. The van der Waals surface area contributed by atoms with Gasteiger partial charge in [0, 0.05) is 23.4 Å². The first-order valence-corrected chi connectivity index (χ1v) is 9.42. The van der Waals surface area contributed by atoms with Gasteiger partial charge in [0.05, 0.1) is 0 Å². The second kappa shape index (κ2) is 7.86. The van der Waals surface area contributed by atoms with Crippen LogP contribution < -0.4 is 20.1 Å². The van der Waals surface area contributed by atoms with Crippen LogP contribution in [0.15, 0.2) is 42.5 Å². The fraction of sp³-hybridized carbons (Fsp3) is 0.381. The smallest absolute Gasteiger partial charge is 0.247 e. The fourth-order valence-electron chi connectivity index (χ4n) is 3.68. The number of rotatable bonds is 5. The van der Waals surface area contributed by atoms with Crippen molar-refractivity contribution in [3.05, 3.63) is 53.8 Å². The molecule has 2 aliphatic rings.